The van der Waals surface area contributed by atoms with Crippen LogP contribution in [-0.2, 0) is 11.2 Å². The largest absolute Gasteiger partial charge is 0.311 e. The van der Waals surface area contributed by atoms with E-state index < -0.39 is 0 Å². The molecule has 2 aliphatic rings. The van der Waals surface area contributed by atoms with E-state index in [0.29, 0.717) is 19.1 Å². The first-order valence-corrected chi connectivity index (χ1v) is 6.06. The van der Waals surface area contributed by atoms with E-state index in [1.165, 1.54) is 25.0 Å². The third kappa shape index (κ3) is 2.17. The number of hydrogen-bond donors (Lipinski definition) is 1. The molecule has 0 radical (unpaired) electrons. The van der Waals surface area contributed by atoms with Crippen LogP contribution in [-0.4, -0.2) is 25.0 Å². The van der Waals surface area contributed by atoms with Crippen molar-refractivity contribution in [1.29, 1.82) is 0 Å². The first-order chi connectivity index (χ1) is 8.24. The predicted octanol–water partition coefficient (Wildman–Crippen LogP) is 1.47. The van der Waals surface area contributed by atoms with Crippen molar-refractivity contribution in [2.45, 2.75) is 25.3 Å². The number of benzene rings is 1. The Kier molecular flexibility index (Phi) is 2.59. The van der Waals surface area contributed by atoms with Crippen LogP contribution in [0.4, 0.5) is 10.1 Å². The third-order valence-corrected chi connectivity index (χ3v) is 3.36. The number of carbonyl (C=O) groups is 1. The molecule has 0 spiro atoms. The molecule has 1 heterocycles. The van der Waals surface area contributed by atoms with Gasteiger partial charge in [0, 0.05) is 18.3 Å². The zero-order valence-electron chi connectivity index (χ0n) is 9.58. The second kappa shape index (κ2) is 4.11. The Morgan fingerprint density at radius 2 is 2.29 bits per heavy atom. The summed E-state index contributed by atoms with van der Waals surface area (Å²) in [5.74, 6) is -0.236. The smallest absolute Gasteiger partial charge is 0.240 e. The van der Waals surface area contributed by atoms with Crippen LogP contribution in [0, 0.1) is 5.82 Å². The van der Waals surface area contributed by atoms with Crippen LogP contribution in [0.5, 0.6) is 0 Å². The highest BCUT2D eigenvalue weighted by molar-refractivity contribution is 5.96. The Morgan fingerprint density at radius 1 is 1.47 bits per heavy atom. The van der Waals surface area contributed by atoms with Gasteiger partial charge in [-0.15, -0.1) is 0 Å². The molecule has 1 amide bonds. The number of nitrogens with one attached hydrogen (secondary N) is 1. The molecular weight excluding hydrogens is 219 g/mol. The van der Waals surface area contributed by atoms with Gasteiger partial charge in [0.05, 0.1) is 6.54 Å². The molecular formula is C13H15FN2O. The maximum absolute atomic E-state index is 13.2. The van der Waals surface area contributed by atoms with Gasteiger partial charge in [-0.25, -0.2) is 4.39 Å². The number of rotatable bonds is 3. The Balaban J connectivity index is 1.72. The van der Waals surface area contributed by atoms with E-state index in [0.717, 1.165) is 17.7 Å². The second-order valence-corrected chi connectivity index (χ2v) is 4.72. The second-order valence-electron chi connectivity index (χ2n) is 4.72. The Hall–Kier alpha value is -1.42. The first-order valence-electron chi connectivity index (χ1n) is 6.06. The van der Waals surface area contributed by atoms with Crippen molar-refractivity contribution in [3.8, 4) is 0 Å². The van der Waals surface area contributed by atoms with Gasteiger partial charge in [0.1, 0.15) is 5.82 Å². The molecule has 3 rings (SSSR count). The van der Waals surface area contributed by atoms with Gasteiger partial charge in [-0.3, -0.25) is 4.79 Å². The number of anilines is 1. The summed E-state index contributed by atoms with van der Waals surface area (Å²) in [6.07, 6.45) is 3.15. The Bertz CT molecular complexity index is 457. The lowest BCUT2D eigenvalue weighted by Crippen LogP contribution is -2.37. The molecule has 0 unspecified atom stereocenters. The van der Waals surface area contributed by atoms with Crippen molar-refractivity contribution in [2.75, 3.05) is 18.0 Å². The number of nitrogens with zero attached hydrogens (tertiary/aromatic N) is 1. The molecule has 3 nitrogen and oxygen atoms in total. The fraction of sp³-hybridized carbons (Fsp3) is 0.462. The van der Waals surface area contributed by atoms with E-state index in [-0.39, 0.29) is 11.7 Å². The van der Waals surface area contributed by atoms with Crippen LogP contribution >= 0.6 is 0 Å². The number of carbonyl (C=O) groups excluding carboxylic acids is 1. The maximum atomic E-state index is 13.2. The zero-order chi connectivity index (χ0) is 11.8. The zero-order valence-corrected chi connectivity index (χ0v) is 9.58. The van der Waals surface area contributed by atoms with E-state index in [1.807, 2.05) is 0 Å². The Labute approximate surface area is 99.6 Å². The van der Waals surface area contributed by atoms with Crippen LogP contribution < -0.4 is 10.2 Å². The topological polar surface area (TPSA) is 32.3 Å². The summed E-state index contributed by atoms with van der Waals surface area (Å²) >= 11 is 0. The summed E-state index contributed by atoms with van der Waals surface area (Å²) in [5, 5.41) is 3.19. The molecule has 0 atom stereocenters. The summed E-state index contributed by atoms with van der Waals surface area (Å²) in [4.78, 5) is 13.7. The summed E-state index contributed by atoms with van der Waals surface area (Å²) < 4.78 is 13.2. The minimum Gasteiger partial charge on any atom is -0.311 e. The lowest BCUT2D eigenvalue weighted by molar-refractivity contribution is -0.117. The predicted molar refractivity (Wildman–Crippen MR) is 63.5 cm³/mol. The SMILES string of the molecule is O=C(CNC1CC1)N1CCc2ccc(F)cc21. The van der Waals surface area contributed by atoms with Gasteiger partial charge in [-0.1, -0.05) is 6.07 Å². The highest BCUT2D eigenvalue weighted by Gasteiger charge is 2.27. The lowest BCUT2D eigenvalue weighted by atomic mass is 10.2. The molecule has 0 bridgehead atoms. The van der Waals surface area contributed by atoms with Gasteiger partial charge in [-0.2, -0.15) is 0 Å². The quantitative estimate of drug-likeness (QED) is 0.859. The number of fused-ring (bicyclic) bond motifs is 1. The average molecular weight is 234 g/mol. The molecule has 1 fully saturated rings. The molecule has 1 saturated carbocycles. The first kappa shape index (κ1) is 10.7. The van der Waals surface area contributed by atoms with Crippen molar-refractivity contribution < 1.29 is 9.18 Å². The van der Waals surface area contributed by atoms with Crippen molar-refractivity contribution >= 4 is 11.6 Å². The van der Waals surface area contributed by atoms with Gasteiger partial charge in [0.2, 0.25) is 5.91 Å². The summed E-state index contributed by atoms with van der Waals surface area (Å²) in [6, 6.07) is 5.20. The van der Waals surface area contributed by atoms with Crippen molar-refractivity contribution in [3.63, 3.8) is 0 Å². The van der Waals surface area contributed by atoms with Crippen LogP contribution in [0.2, 0.25) is 0 Å². The van der Waals surface area contributed by atoms with Crippen LogP contribution in [0.3, 0.4) is 0 Å². The molecule has 1 N–H and O–H groups in total. The van der Waals surface area contributed by atoms with Crippen molar-refractivity contribution in [1.82, 2.24) is 5.32 Å². The van der Waals surface area contributed by atoms with Gasteiger partial charge in [-0.05, 0) is 37.0 Å². The van der Waals surface area contributed by atoms with Crippen LogP contribution in [0.25, 0.3) is 0 Å². The Morgan fingerprint density at radius 3 is 3.06 bits per heavy atom. The molecule has 1 aliphatic heterocycles. The highest BCUT2D eigenvalue weighted by Crippen LogP contribution is 2.28. The summed E-state index contributed by atoms with van der Waals surface area (Å²) in [7, 11) is 0. The van der Waals surface area contributed by atoms with E-state index in [9.17, 15) is 9.18 Å². The maximum Gasteiger partial charge on any atom is 0.240 e. The van der Waals surface area contributed by atoms with Crippen LogP contribution in [0.15, 0.2) is 18.2 Å². The normalized spacial score (nSPS) is 18.3. The molecule has 90 valence electrons. The van der Waals surface area contributed by atoms with Gasteiger partial charge < -0.3 is 10.2 Å². The van der Waals surface area contributed by atoms with Crippen molar-refractivity contribution in [3.05, 3.63) is 29.6 Å². The minimum absolute atomic E-state index is 0.0428. The minimum atomic E-state index is -0.279. The fourth-order valence-corrected chi connectivity index (χ4v) is 2.23. The number of amides is 1. The summed E-state index contributed by atoms with van der Waals surface area (Å²) in [6.45, 7) is 1.03. The van der Waals surface area contributed by atoms with E-state index >= 15 is 0 Å². The van der Waals surface area contributed by atoms with Gasteiger partial charge in [0.25, 0.3) is 0 Å². The molecule has 0 saturated heterocycles. The highest BCUT2D eigenvalue weighted by atomic mass is 19.1. The average Bonchev–Trinajstić information content (AvgIpc) is 3.05. The molecule has 0 aromatic heterocycles. The fourth-order valence-electron chi connectivity index (χ4n) is 2.23. The van der Waals surface area contributed by atoms with E-state index in [2.05, 4.69) is 5.32 Å². The van der Waals surface area contributed by atoms with Crippen molar-refractivity contribution in [2.24, 2.45) is 0 Å². The van der Waals surface area contributed by atoms with E-state index in [4.69, 9.17) is 0 Å². The molecule has 1 aliphatic carbocycles. The third-order valence-electron chi connectivity index (χ3n) is 3.36. The molecule has 1 aromatic rings. The monoisotopic (exact) mass is 234 g/mol. The number of hydrogen-bond acceptors (Lipinski definition) is 2. The standard InChI is InChI=1S/C13H15FN2O/c14-10-2-1-9-5-6-16(12(9)7-10)13(17)8-15-11-3-4-11/h1-2,7,11,15H,3-6,8H2. The summed E-state index contributed by atoms with van der Waals surface area (Å²) in [5.41, 5.74) is 1.80. The lowest BCUT2D eigenvalue weighted by Gasteiger charge is -2.17. The molecule has 1 aromatic carbocycles. The molecule has 4 heteroatoms. The van der Waals surface area contributed by atoms with E-state index in [1.54, 1.807) is 11.0 Å². The van der Waals surface area contributed by atoms with Gasteiger partial charge in [0.15, 0.2) is 0 Å². The molecule has 17 heavy (non-hydrogen) atoms. The number of halogens is 1. The van der Waals surface area contributed by atoms with Crippen LogP contribution in [0.1, 0.15) is 18.4 Å². The van der Waals surface area contributed by atoms with Gasteiger partial charge >= 0.3 is 0 Å².